The molecule has 0 radical (unpaired) electrons. The number of nitrogens with zero attached hydrogens (tertiary/aromatic N) is 3. The molecule has 0 saturated carbocycles. The van der Waals surface area contributed by atoms with E-state index >= 15 is 0 Å². The van der Waals surface area contributed by atoms with Gasteiger partial charge in [-0.3, -0.25) is 9.88 Å². The van der Waals surface area contributed by atoms with E-state index in [0.29, 0.717) is 18.3 Å². The number of carbonyl (C=O) groups excluding carboxylic acids is 1. The molecule has 0 spiro atoms. The molecule has 2 fully saturated rings. The van der Waals surface area contributed by atoms with Crippen LogP contribution in [-0.2, 0) is 4.74 Å². The molecular weight excluding hydrogens is 256 g/mol. The first kappa shape index (κ1) is 13.3. The number of carbonyl (C=O) groups is 1. The highest BCUT2D eigenvalue weighted by atomic mass is 16.6. The van der Waals surface area contributed by atoms with Crippen LogP contribution in [0.25, 0.3) is 0 Å². The van der Waals surface area contributed by atoms with Crippen LogP contribution in [0.2, 0.25) is 0 Å². The van der Waals surface area contributed by atoms with E-state index in [2.05, 4.69) is 15.3 Å². The number of aromatic nitrogens is 2. The van der Waals surface area contributed by atoms with Crippen LogP contribution < -0.4 is 10.2 Å². The number of cyclic esters (lactones) is 1. The van der Waals surface area contributed by atoms with Gasteiger partial charge in [-0.05, 0) is 33.2 Å². The number of hydrogen-bond donors (Lipinski definition) is 1. The van der Waals surface area contributed by atoms with Crippen LogP contribution in [0.15, 0.2) is 12.4 Å². The summed E-state index contributed by atoms with van der Waals surface area (Å²) in [6.07, 6.45) is 5.35. The van der Waals surface area contributed by atoms with Crippen LogP contribution >= 0.6 is 0 Å². The summed E-state index contributed by atoms with van der Waals surface area (Å²) in [7, 11) is 0. The van der Waals surface area contributed by atoms with Crippen molar-refractivity contribution >= 4 is 11.9 Å². The van der Waals surface area contributed by atoms with Crippen LogP contribution in [0.4, 0.5) is 10.6 Å². The van der Waals surface area contributed by atoms with Gasteiger partial charge in [0.15, 0.2) is 5.82 Å². The minimum absolute atomic E-state index is 0.344. The highest BCUT2D eigenvalue weighted by Gasteiger charge is 2.42. The van der Waals surface area contributed by atoms with E-state index in [1.165, 1.54) is 0 Å². The highest BCUT2D eigenvalue weighted by molar-refractivity contribution is 5.90. The van der Waals surface area contributed by atoms with Gasteiger partial charge in [-0.15, -0.1) is 0 Å². The zero-order valence-electron chi connectivity index (χ0n) is 11.9. The molecule has 20 heavy (non-hydrogen) atoms. The first-order valence-electron chi connectivity index (χ1n) is 7.07. The molecule has 2 aliphatic rings. The van der Waals surface area contributed by atoms with Crippen molar-refractivity contribution in [3.05, 3.63) is 18.1 Å². The average Bonchev–Trinajstić information content (AvgIpc) is 2.73. The van der Waals surface area contributed by atoms with Gasteiger partial charge in [0.05, 0.1) is 17.4 Å². The molecule has 6 nitrogen and oxygen atoms in total. The second kappa shape index (κ2) is 5.01. The molecule has 6 heteroatoms. The van der Waals surface area contributed by atoms with Gasteiger partial charge in [0.1, 0.15) is 6.61 Å². The lowest BCUT2D eigenvalue weighted by Gasteiger charge is -2.28. The molecule has 0 bridgehead atoms. The van der Waals surface area contributed by atoms with Gasteiger partial charge in [-0.1, -0.05) is 0 Å². The number of rotatable bonds is 2. The average molecular weight is 276 g/mol. The molecule has 1 N–H and O–H groups in total. The molecule has 3 rings (SSSR count). The van der Waals surface area contributed by atoms with E-state index in [4.69, 9.17) is 4.74 Å². The van der Waals surface area contributed by atoms with E-state index < -0.39 is 0 Å². The highest BCUT2D eigenvalue weighted by Crippen LogP contribution is 2.30. The normalized spacial score (nSPS) is 25.6. The molecule has 1 amide bonds. The lowest BCUT2D eigenvalue weighted by Crippen LogP contribution is -2.42. The fourth-order valence-electron chi connectivity index (χ4n) is 2.80. The Morgan fingerprint density at radius 2 is 2.30 bits per heavy atom. The number of nitrogens with one attached hydrogen (secondary N) is 1. The van der Waals surface area contributed by atoms with Crippen LogP contribution in [0.3, 0.4) is 0 Å². The van der Waals surface area contributed by atoms with Crippen molar-refractivity contribution in [2.75, 3.05) is 24.6 Å². The number of amides is 1. The third-order valence-corrected chi connectivity index (χ3v) is 3.92. The Bertz CT molecular complexity index is 512. The number of piperidine rings is 1. The minimum Gasteiger partial charge on any atom is -0.447 e. The van der Waals surface area contributed by atoms with Crippen molar-refractivity contribution in [1.82, 2.24) is 15.3 Å². The summed E-state index contributed by atoms with van der Waals surface area (Å²) in [6, 6.07) is 0. The van der Waals surface area contributed by atoms with Gasteiger partial charge < -0.3 is 10.1 Å². The topological polar surface area (TPSA) is 67.3 Å². The van der Waals surface area contributed by atoms with E-state index in [9.17, 15) is 4.79 Å². The van der Waals surface area contributed by atoms with Crippen molar-refractivity contribution in [2.45, 2.75) is 38.1 Å². The summed E-state index contributed by atoms with van der Waals surface area (Å²) in [6.45, 7) is 6.30. The predicted octanol–water partition coefficient (Wildman–Crippen LogP) is 1.68. The molecule has 0 unspecified atom stereocenters. The lowest BCUT2D eigenvalue weighted by molar-refractivity contribution is 0.175. The van der Waals surface area contributed by atoms with Crippen LogP contribution in [0, 0.1) is 0 Å². The van der Waals surface area contributed by atoms with Gasteiger partial charge in [0.2, 0.25) is 0 Å². The Balaban J connectivity index is 1.89. The van der Waals surface area contributed by atoms with Crippen LogP contribution in [0.5, 0.6) is 0 Å². The van der Waals surface area contributed by atoms with Crippen molar-refractivity contribution < 1.29 is 9.53 Å². The standard InChI is InChI=1S/C14H20N4O2/c1-14(2)9-20-13(19)18(14)12-8-16-7-11(17-12)10-4-3-5-15-6-10/h7-8,10,15H,3-6,9H2,1-2H3/t10-/m1/s1. The quantitative estimate of drug-likeness (QED) is 0.890. The second-order valence-electron chi connectivity index (χ2n) is 6.05. The predicted molar refractivity (Wildman–Crippen MR) is 74.8 cm³/mol. The summed E-state index contributed by atoms with van der Waals surface area (Å²) in [4.78, 5) is 22.4. The molecule has 1 aromatic heterocycles. The third kappa shape index (κ3) is 2.35. The SMILES string of the molecule is CC1(C)COC(=O)N1c1cncc([C@@H]2CCCNC2)n1. The number of ether oxygens (including phenoxy) is 1. The van der Waals surface area contributed by atoms with Gasteiger partial charge in [-0.25, -0.2) is 9.78 Å². The van der Waals surface area contributed by atoms with Gasteiger partial charge in [0.25, 0.3) is 0 Å². The van der Waals surface area contributed by atoms with E-state index in [-0.39, 0.29) is 11.6 Å². The fraction of sp³-hybridized carbons (Fsp3) is 0.643. The van der Waals surface area contributed by atoms with E-state index in [0.717, 1.165) is 31.6 Å². The fourth-order valence-corrected chi connectivity index (χ4v) is 2.80. The Kier molecular flexibility index (Phi) is 3.33. The van der Waals surface area contributed by atoms with Crippen molar-refractivity contribution in [3.63, 3.8) is 0 Å². The largest absolute Gasteiger partial charge is 0.447 e. The molecule has 0 aliphatic carbocycles. The van der Waals surface area contributed by atoms with Gasteiger partial charge in [-0.2, -0.15) is 0 Å². The zero-order chi connectivity index (χ0) is 14.2. The maximum Gasteiger partial charge on any atom is 0.416 e. The number of hydrogen-bond acceptors (Lipinski definition) is 5. The summed E-state index contributed by atoms with van der Waals surface area (Å²) in [5.74, 6) is 0.957. The van der Waals surface area contributed by atoms with E-state index in [1.807, 2.05) is 13.8 Å². The van der Waals surface area contributed by atoms with Gasteiger partial charge in [0, 0.05) is 18.7 Å². The molecular formula is C14H20N4O2. The summed E-state index contributed by atoms with van der Waals surface area (Å²) in [5.41, 5.74) is 0.569. The Morgan fingerprint density at radius 1 is 1.45 bits per heavy atom. The van der Waals surface area contributed by atoms with Crippen LogP contribution in [-0.4, -0.2) is 41.3 Å². The Morgan fingerprint density at radius 3 is 2.95 bits per heavy atom. The van der Waals surface area contributed by atoms with Crippen LogP contribution in [0.1, 0.15) is 38.3 Å². The zero-order valence-corrected chi connectivity index (χ0v) is 11.9. The molecule has 1 aromatic rings. The molecule has 1 atom stereocenters. The smallest absolute Gasteiger partial charge is 0.416 e. The monoisotopic (exact) mass is 276 g/mol. The summed E-state index contributed by atoms with van der Waals surface area (Å²) in [5, 5.41) is 3.37. The minimum atomic E-state index is -0.380. The Labute approximate surface area is 118 Å². The van der Waals surface area contributed by atoms with E-state index in [1.54, 1.807) is 17.3 Å². The second-order valence-corrected chi connectivity index (χ2v) is 6.05. The van der Waals surface area contributed by atoms with Gasteiger partial charge >= 0.3 is 6.09 Å². The van der Waals surface area contributed by atoms with Crippen molar-refractivity contribution in [3.8, 4) is 0 Å². The maximum absolute atomic E-state index is 11.9. The third-order valence-electron chi connectivity index (χ3n) is 3.92. The Hall–Kier alpha value is -1.69. The molecule has 0 aromatic carbocycles. The molecule has 2 aliphatic heterocycles. The first-order valence-corrected chi connectivity index (χ1v) is 7.07. The number of anilines is 1. The summed E-state index contributed by atoms with van der Waals surface area (Å²) >= 11 is 0. The lowest BCUT2D eigenvalue weighted by atomic mass is 9.96. The first-order chi connectivity index (χ1) is 9.58. The summed E-state index contributed by atoms with van der Waals surface area (Å²) < 4.78 is 5.13. The maximum atomic E-state index is 11.9. The van der Waals surface area contributed by atoms with Crippen molar-refractivity contribution in [1.29, 1.82) is 0 Å². The molecule has 2 saturated heterocycles. The molecule has 3 heterocycles. The van der Waals surface area contributed by atoms with Crippen molar-refractivity contribution in [2.24, 2.45) is 0 Å². The molecule has 108 valence electrons.